The van der Waals surface area contributed by atoms with Crippen molar-refractivity contribution in [3.05, 3.63) is 88.9 Å². The molecule has 3 unspecified atom stereocenters. The molecule has 4 heterocycles. The average Bonchev–Trinajstić information content (AvgIpc) is 3.62. The van der Waals surface area contributed by atoms with Crippen molar-refractivity contribution in [1.82, 2.24) is 20.9 Å². The van der Waals surface area contributed by atoms with Crippen molar-refractivity contribution >= 4 is 23.2 Å². The van der Waals surface area contributed by atoms with Crippen molar-refractivity contribution in [1.29, 1.82) is 0 Å². The minimum Gasteiger partial charge on any atom is -0.490 e. The maximum atomic E-state index is 14.2. The third kappa shape index (κ3) is 6.75. The standard InChI is InChI=1S/C39H48N4O5S/c1-22(2)14-28(30-21-46-33-17-27-16-32(38(27,4)5)39(33,6)48-30)42-36(45)29(20-41-35(44)24-11-9-23(3)10-12-24)43-37-34(47-37)26-15-25(18-40-19-26)31-8-7-13-49-31/h7-13,15,18-19,21-22,27-29,32-34,37,43H,14,16-17,20H2,1-6H3,(H,41,44)(H,42,45)/t27?,28-,29-,32-,33+,34?,37?,39-/m0/s1. The summed E-state index contributed by atoms with van der Waals surface area (Å²) in [5.74, 6) is 1.46. The third-order valence-electron chi connectivity index (χ3n) is 11.2. The lowest BCUT2D eigenvalue weighted by Gasteiger charge is -2.66. The Kier molecular flexibility index (Phi) is 9.09. The highest BCUT2D eigenvalue weighted by Crippen LogP contribution is 2.65. The minimum atomic E-state index is -0.776. The van der Waals surface area contributed by atoms with Crippen LogP contribution < -0.4 is 16.0 Å². The van der Waals surface area contributed by atoms with Gasteiger partial charge in [0.15, 0.2) is 5.76 Å². The molecule has 2 amide bonds. The zero-order valence-corrected chi connectivity index (χ0v) is 30.0. The summed E-state index contributed by atoms with van der Waals surface area (Å²) in [6.07, 6.45) is 7.48. The molecule has 2 aromatic heterocycles. The molecule has 0 spiro atoms. The Morgan fingerprint density at radius 2 is 1.88 bits per heavy atom. The summed E-state index contributed by atoms with van der Waals surface area (Å²) >= 11 is 1.66. The van der Waals surface area contributed by atoms with E-state index in [0.29, 0.717) is 29.6 Å². The Morgan fingerprint density at radius 3 is 2.59 bits per heavy atom. The fourth-order valence-electron chi connectivity index (χ4n) is 8.11. The number of benzene rings is 1. The highest BCUT2D eigenvalue weighted by molar-refractivity contribution is 7.13. The Morgan fingerprint density at radius 1 is 1.08 bits per heavy atom. The van der Waals surface area contributed by atoms with Crippen LogP contribution in [0.3, 0.4) is 0 Å². The van der Waals surface area contributed by atoms with E-state index >= 15 is 0 Å². The summed E-state index contributed by atoms with van der Waals surface area (Å²) in [7, 11) is 0. The molecule has 0 radical (unpaired) electrons. The maximum Gasteiger partial charge on any atom is 0.251 e. The monoisotopic (exact) mass is 684 g/mol. The summed E-state index contributed by atoms with van der Waals surface area (Å²) in [5, 5.41) is 11.7. The molecule has 5 aliphatic rings. The predicted octanol–water partition coefficient (Wildman–Crippen LogP) is 6.52. The Hall–Kier alpha value is -3.73. The average molecular weight is 685 g/mol. The SMILES string of the molecule is Cc1ccc(C(=O)NC[C@H](NC2OC2c2cncc(-c3cccs3)c2)C(=O)N[C@@H](CC(C)C)C2=CO[C@@H]3CC4C[C@@H](C4(C)C)[C@]3(C)O2)cc1. The third-order valence-corrected chi connectivity index (χ3v) is 12.1. The van der Waals surface area contributed by atoms with E-state index in [4.69, 9.17) is 14.2 Å². The number of amides is 2. The lowest BCUT2D eigenvalue weighted by Crippen LogP contribution is -2.69. The van der Waals surface area contributed by atoms with E-state index in [-0.39, 0.29) is 41.9 Å². The van der Waals surface area contributed by atoms with Crippen LogP contribution >= 0.6 is 11.3 Å². The molecule has 3 saturated carbocycles. The second-order valence-corrected chi connectivity index (χ2v) is 16.4. The van der Waals surface area contributed by atoms with Gasteiger partial charge in [0.25, 0.3) is 5.91 Å². The number of nitrogens with one attached hydrogen (secondary N) is 3. The van der Waals surface area contributed by atoms with E-state index in [9.17, 15) is 9.59 Å². The number of ether oxygens (including phenoxy) is 3. The van der Waals surface area contributed by atoms with Crippen LogP contribution in [0.1, 0.15) is 81.5 Å². The molecule has 8 rings (SSSR count). The van der Waals surface area contributed by atoms with Gasteiger partial charge >= 0.3 is 0 Å². The minimum absolute atomic E-state index is 0.00610. The van der Waals surface area contributed by atoms with Gasteiger partial charge in [0.2, 0.25) is 5.91 Å². The highest BCUT2D eigenvalue weighted by atomic mass is 32.1. The van der Waals surface area contributed by atoms with Gasteiger partial charge in [0, 0.05) is 46.4 Å². The van der Waals surface area contributed by atoms with Gasteiger partial charge in [-0.2, -0.15) is 0 Å². The molecule has 49 heavy (non-hydrogen) atoms. The van der Waals surface area contributed by atoms with Crippen molar-refractivity contribution in [3.63, 3.8) is 0 Å². The summed E-state index contributed by atoms with van der Waals surface area (Å²) in [5.41, 5.74) is 3.29. The number of hydrogen-bond donors (Lipinski definition) is 3. The predicted molar refractivity (Wildman–Crippen MR) is 189 cm³/mol. The summed E-state index contributed by atoms with van der Waals surface area (Å²) in [4.78, 5) is 32.9. The molecule has 2 aliphatic heterocycles. The van der Waals surface area contributed by atoms with E-state index < -0.39 is 23.9 Å². The lowest BCUT2D eigenvalue weighted by atomic mass is 9.43. The summed E-state index contributed by atoms with van der Waals surface area (Å²) in [6.45, 7) is 13.2. The topological polar surface area (TPSA) is 114 Å². The first kappa shape index (κ1) is 33.8. The molecule has 3 aliphatic carbocycles. The number of rotatable bonds is 12. The molecule has 10 heteroatoms. The quantitative estimate of drug-likeness (QED) is 0.186. The molecule has 9 nitrogen and oxygen atoms in total. The first-order chi connectivity index (χ1) is 23.4. The van der Waals surface area contributed by atoms with Crippen LogP contribution in [0.5, 0.6) is 0 Å². The highest BCUT2D eigenvalue weighted by Gasteiger charge is 2.66. The number of carbonyl (C=O) groups is 2. The number of epoxide rings is 1. The first-order valence-electron chi connectivity index (χ1n) is 17.5. The fraction of sp³-hybridized carbons (Fsp3) is 0.513. The van der Waals surface area contributed by atoms with E-state index in [0.717, 1.165) is 34.4 Å². The number of aryl methyl sites for hydroxylation is 1. The Labute approximate surface area is 293 Å². The van der Waals surface area contributed by atoms with Crippen LogP contribution in [0, 0.1) is 30.1 Å². The zero-order valence-electron chi connectivity index (χ0n) is 29.2. The zero-order chi connectivity index (χ0) is 34.5. The molecule has 260 valence electrons. The molecular formula is C39H48N4O5S. The van der Waals surface area contributed by atoms with Crippen molar-refractivity contribution < 1.29 is 23.8 Å². The van der Waals surface area contributed by atoms with Crippen LogP contribution in [0.4, 0.5) is 0 Å². The number of thiophene rings is 1. The summed E-state index contributed by atoms with van der Waals surface area (Å²) < 4.78 is 19.3. The van der Waals surface area contributed by atoms with Gasteiger partial charge in [-0.15, -0.1) is 11.3 Å². The molecular weight excluding hydrogens is 637 g/mol. The van der Waals surface area contributed by atoms with Crippen LogP contribution in [-0.4, -0.2) is 53.4 Å². The van der Waals surface area contributed by atoms with Crippen LogP contribution in [0.25, 0.3) is 10.4 Å². The van der Waals surface area contributed by atoms with Crippen LogP contribution in [-0.2, 0) is 19.0 Å². The molecule has 1 saturated heterocycles. The molecule has 8 atom stereocenters. The molecule has 3 N–H and O–H groups in total. The molecule has 1 aromatic carbocycles. The number of pyridine rings is 1. The van der Waals surface area contributed by atoms with Crippen molar-refractivity contribution in [2.45, 2.75) is 96.9 Å². The second-order valence-electron chi connectivity index (χ2n) is 15.4. The van der Waals surface area contributed by atoms with E-state index in [1.165, 1.54) is 0 Å². The molecule has 4 fully saturated rings. The van der Waals surface area contributed by atoms with Gasteiger partial charge in [0.05, 0.1) is 6.04 Å². The van der Waals surface area contributed by atoms with Crippen molar-refractivity contribution in [2.75, 3.05) is 6.54 Å². The van der Waals surface area contributed by atoms with Gasteiger partial charge in [-0.05, 0) is 80.0 Å². The van der Waals surface area contributed by atoms with E-state index in [1.54, 1.807) is 35.9 Å². The van der Waals surface area contributed by atoms with Gasteiger partial charge in [0.1, 0.15) is 36.3 Å². The number of hydrogen-bond acceptors (Lipinski definition) is 8. The molecule has 3 aromatic rings. The summed E-state index contributed by atoms with van der Waals surface area (Å²) in [6, 6.07) is 12.4. The van der Waals surface area contributed by atoms with Crippen molar-refractivity contribution in [2.24, 2.45) is 23.2 Å². The fourth-order valence-corrected chi connectivity index (χ4v) is 8.82. The molecule has 2 bridgehead atoms. The van der Waals surface area contributed by atoms with Crippen LogP contribution in [0.15, 0.2) is 72.3 Å². The normalized spacial score (nSPS) is 28.9. The Balaban J connectivity index is 1.08. The smallest absolute Gasteiger partial charge is 0.251 e. The maximum absolute atomic E-state index is 14.2. The lowest BCUT2D eigenvalue weighted by molar-refractivity contribution is -0.268. The van der Waals surface area contributed by atoms with E-state index in [2.05, 4.69) is 67.7 Å². The van der Waals surface area contributed by atoms with Gasteiger partial charge in [-0.3, -0.25) is 19.9 Å². The first-order valence-corrected chi connectivity index (χ1v) is 18.4. The van der Waals surface area contributed by atoms with Gasteiger partial charge in [-0.25, -0.2) is 0 Å². The van der Waals surface area contributed by atoms with E-state index in [1.807, 2.05) is 36.7 Å². The number of nitrogens with zero attached hydrogens (tertiary/aromatic N) is 1. The van der Waals surface area contributed by atoms with Crippen molar-refractivity contribution in [3.8, 4) is 10.4 Å². The Bertz CT molecular complexity index is 1710. The largest absolute Gasteiger partial charge is 0.490 e. The van der Waals surface area contributed by atoms with Gasteiger partial charge < -0.3 is 24.8 Å². The number of carbonyl (C=O) groups excluding carboxylic acids is 2. The second kappa shape index (κ2) is 13.2. The van der Waals surface area contributed by atoms with Crippen LogP contribution in [0.2, 0.25) is 0 Å². The number of aromatic nitrogens is 1. The van der Waals surface area contributed by atoms with Gasteiger partial charge in [-0.1, -0.05) is 51.5 Å².